The lowest BCUT2D eigenvalue weighted by Crippen LogP contribution is -2.13. The number of aromatic nitrogens is 4. The quantitative estimate of drug-likeness (QED) is 0.894. The molecule has 0 bridgehead atoms. The van der Waals surface area contributed by atoms with E-state index >= 15 is 0 Å². The minimum atomic E-state index is -4.52. The minimum absolute atomic E-state index is 0.0899. The summed E-state index contributed by atoms with van der Waals surface area (Å²) in [5, 5.41) is 2.51. The third-order valence-corrected chi connectivity index (χ3v) is 2.30. The molecule has 0 atom stereocenters. The molecule has 2 aromatic heterocycles. The van der Waals surface area contributed by atoms with Gasteiger partial charge in [0.05, 0.1) is 0 Å². The van der Waals surface area contributed by atoms with Crippen LogP contribution in [0.5, 0.6) is 0 Å². The summed E-state index contributed by atoms with van der Waals surface area (Å²) in [4.78, 5) is 11.3. The molecular formula is C10H10F3N5. The third-order valence-electron chi connectivity index (χ3n) is 2.30. The first-order chi connectivity index (χ1) is 8.41. The molecule has 5 nitrogen and oxygen atoms in total. The molecule has 0 aliphatic heterocycles. The molecule has 0 radical (unpaired) electrons. The van der Waals surface area contributed by atoms with Gasteiger partial charge in [0, 0.05) is 25.5 Å². The van der Waals surface area contributed by atoms with Crippen molar-refractivity contribution in [2.75, 3.05) is 12.4 Å². The van der Waals surface area contributed by atoms with Crippen molar-refractivity contribution in [3.8, 4) is 5.82 Å². The van der Waals surface area contributed by atoms with Gasteiger partial charge in [-0.2, -0.15) is 18.2 Å². The van der Waals surface area contributed by atoms with Crippen LogP contribution in [-0.4, -0.2) is 26.6 Å². The van der Waals surface area contributed by atoms with E-state index in [1.54, 1.807) is 6.92 Å². The van der Waals surface area contributed by atoms with Crippen LogP contribution in [-0.2, 0) is 6.18 Å². The molecule has 0 saturated heterocycles. The lowest BCUT2D eigenvalue weighted by Gasteiger charge is -2.11. The number of alkyl halides is 3. The van der Waals surface area contributed by atoms with E-state index in [2.05, 4.69) is 20.3 Å². The van der Waals surface area contributed by atoms with Gasteiger partial charge in [-0.25, -0.2) is 9.97 Å². The normalized spacial score (nSPS) is 11.6. The fourth-order valence-electron chi connectivity index (χ4n) is 1.43. The second kappa shape index (κ2) is 4.28. The maximum absolute atomic E-state index is 12.7. The van der Waals surface area contributed by atoms with Crippen molar-refractivity contribution in [2.24, 2.45) is 0 Å². The summed E-state index contributed by atoms with van der Waals surface area (Å²) >= 11 is 0. The first kappa shape index (κ1) is 12.3. The van der Waals surface area contributed by atoms with Gasteiger partial charge in [-0.15, -0.1) is 0 Å². The Labute approximate surface area is 101 Å². The SMILES string of the molecule is CNc1nc(-n2ccnc2C)cc(C(F)(F)F)n1. The molecule has 18 heavy (non-hydrogen) atoms. The number of nitrogens with one attached hydrogen (secondary N) is 1. The van der Waals surface area contributed by atoms with Crippen LogP contribution in [0.2, 0.25) is 0 Å². The summed E-state index contributed by atoms with van der Waals surface area (Å²) in [5.41, 5.74) is -0.995. The summed E-state index contributed by atoms with van der Waals surface area (Å²) in [7, 11) is 1.46. The molecular weight excluding hydrogens is 247 g/mol. The molecule has 8 heteroatoms. The standard InChI is InChI=1S/C10H10F3N5/c1-6-15-3-4-18(6)8-5-7(10(11,12)13)16-9(14-2)17-8/h3-5H,1-2H3,(H,14,16,17). The largest absolute Gasteiger partial charge is 0.433 e. The van der Waals surface area contributed by atoms with E-state index in [0.717, 1.165) is 6.07 Å². The summed E-state index contributed by atoms with van der Waals surface area (Å²) < 4.78 is 39.5. The highest BCUT2D eigenvalue weighted by Crippen LogP contribution is 2.29. The zero-order valence-electron chi connectivity index (χ0n) is 9.65. The number of hydrogen-bond acceptors (Lipinski definition) is 4. The fourth-order valence-corrected chi connectivity index (χ4v) is 1.43. The molecule has 1 N–H and O–H groups in total. The zero-order chi connectivity index (χ0) is 13.3. The van der Waals surface area contributed by atoms with E-state index in [0.29, 0.717) is 5.82 Å². The predicted molar refractivity (Wildman–Crippen MR) is 58.4 cm³/mol. The van der Waals surface area contributed by atoms with Crippen molar-refractivity contribution >= 4 is 5.95 Å². The molecule has 0 spiro atoms. The Bertz CT molecular complexity index is 561. The van der Waals surface area contributed by atoms with Gasteiger partial charge in [0.1, 0.15) is 11.6 Å². The van der Waals surface area contributed by atoms with Crippen molar-refractivity contribution < 1.29 is 13.2 Å². The van der Waals surface area contributed by atoms with E-state index in [1.807, 2.05) is 0 Å². The van der Waals surface area contributed by atoms with Gasteiger partial charge in [0.2, 0.25) is 5.95 Å². The highest BCUT2D eigenvalue weighted by Gasteiger charge is 2.33. The fraction of sp³-hybridized carbons (Fsp3) is 0.300. The van der Waals surface area contributed by atoms with Gasteiger partial charge in [-0.05, 0) is 6.92 Å². The van der Waals surface area contributed by atoms with Crippen molar-refractivity contribution in [3.05, 3.63) is 30.0 Å². The lowest BCUT2D eigenvalue weighted by atomic mass is 10.3. The predicted octanol–water partition coefficient (Wildman–Crippen LogP) is 2.03. The Balaban J connectivity index is 2.58. The van der Waals surface area contributed by atoms with Gasteiger partial charge in [0.25, 0.3) is 0 Å². The summed E-state index contributed by atoms with van der Waals surface area (Å²) in [6.45, 7) is 1.68. The molecule has 96 valence electrons. The summed E-state index contributed by atoms with van der Waals surface area (Å²) in [6, 6.07) is 0.884. The van der Waals surface area contributed by atoms with Crippen LogP contribution in [0, 0.1) is 6.92 Å². The maximum atomic E-state index is 12.7. The Morgan fingerprint density at radius 3 is 2.50 bits per heavy atom. The highest BCUT2D eigenvalue weighted by molar-refractivity contribution is 5.36. The zero-order valence-corrected chi connectivity index (χ0v) is 9.65. The Hall–Kier alpha value is -2.12. The molecule has 0 unspecified atom stereocenters. The number of hydrogen-bond donors (Lipinski definition) is 1. The van der Waals surface area contributed by atoms with Crippen LogP contribution >= 0.6 is 0 Å². The molecule has 0 fully saturated rings. The number of nitrogens with zero attached hydrogens (tertiary/aromatic N) is 4. The Kier molecular flexibility index (Phi) is 2.93. The van der Waals surface area contributed by atoms with E-state index in [-0.39, 0.29) is 11.8 Å². The molecule has 2 aromatic rings. The van der Waals surface area contributed by atoms with Gasteiger partial charge in [-0.1, -0.05) is 0 Å². The number of halogens is 3. The first-order valence-electron chi connectivity index (χ1n) is 5.06. The van der Waals surface area contributed by atoms with E-state index in [1.165, 1.54) is 24.0 Å². The lowest BCUT2D eigenvalue weighted by molar-refractivity contribution is -0.141. The molecule has 0 aliphatic rings. The van der Waals surface area contributed by atoms with Gasteiger partial charge in [0.15, 0.2) is 5.69 Å². The first-order valence-corrected chi connectivity index (χ1v) is 5.06. The van der Waals surface area contributed by atoms with Crippen molar-refractivity contribution in [1.29, 1.82) is 0 Å². The van der Waals surface area contributed by atoms with Crippen LogP contribution in [0.1, 0.15) is 11.5 Å². The van der Waals surface area contributed by atoms with Crippen molar-refractivity contribution in [1.82, 2.24) is 19.5 Å². The number of imidazole rings is 1. The topological polar surface area (TPSA) is 55.6 Å². The Morgan fingerprint density at radius 2 is 2.00 bits per heavy atom. The molecule has 0 amide bonds. The number of anilines is 1. The van der Waals surface area contributed by atoms with Crippen LogP contribution < -0.4 is 5.32 Å². The van der Waals surface area contributed by atoms with Gasteiger partial charge >= 0.3 is 6.18 Å². The molecule has 0 aromatic carbocycles. The van der Waals surface area contributed by atoms with Crippen molar-refractivity contribution in [2.45, 2.75) is 13.1 Å². The second-order valence-corrected chi connectivity index (χ2v) is 3.53. The molecule has 0 saturated carbocycles. The van der Waals surface area contributed by atoms with Crippen LogP contribution in [0.3, 0.4) is 0 Å². The Morgan fingerprint density at radius 1 is 1.28 bits per heavy atom. The highest BCUT2D eigenvalue weighted by atomic mass is 19.4. The second-order valence-electron chi connectivity index (χ2n) is 3.53. The summed E-state index contributed by atoms with van der Waals surface area (Å²) in [6.07, 6.45) is -1.49. The number of rotatable bonds is 2. The average molecular weight is 257 g/mol. The molecule has 2 heterocycles. The molecule has 2 rings (SSSR count). The maximum Gasteiger partial charge on any atom is 0.433 e. The van der Waals surface area contributed by atoms with Crippen LogP contribution in [0.15, 0.2) is 18.5 Å². The smallest absolute Gasteiger partial charge is 0.357 e. The van der Waals surface area contributed by atoms with E-state index < -0.39 is 11.9 Å². The number of aryl methyl sites for hydroxylation is 1. The van der Waals surface area contributed by atoms with Crippen LogP contribution in [0.4, 0.5) is 19.1 Å². The monoisotopic (exact) mass is 257 g/mol. The van der Waals surface area contributed by atoms with Gasteiger partial charge < -0.3 is 5.32 Å². The summed E-state index contributed by atoms with van der Waals surface area (Å²) in [5.74, 6) is 0.577. The molecule has 0 aliphatic carbocycles. The van der Waals surface area contributed by atoms with Crippen molar-refractivity contribution in [3.63, 3.8) is 0 Å². The van der Waals surface area contributed by atoms with Crippen LogP contribution in [0.25, 0.3) is 5.82 Å². The van der Waals surface area contributed by atoms with Gasteiger partial charge in [-0.3, -0.25) is 4.57 Å². The van der Waals surface area contributed by atoms with E-state index in [9.17, 15) is 13.2 Å². The van der Waals surface area contributed by atoms with E-state index in [4.69, 9.17) is 0 Å². The third kappa shape index (κ3) is 2.27. The average Bonchev–Trinajstić information content (AvgIpc) is 2.73. The minimum Gasteiger partial charge on any atom is -0.357 e.